The molecule has 180 valence electrons. The Balaban J connectivity index is 1.20. The molecule has 0 radical (unpaired) electrons. The van der Waals surface area contributed by atoms with Crippen molar-refractivity contribution in [2.45, 2.75) is 31.2 Å². The highest BCUT2D eigenvalue weighted by Gasteiger charge is 2.42. The van der Waals surface area contributed by atoms with E-state index in [9.17, 15) is 4.79 Å². The van der Waals surface area contributed by atoms with Gasteiger partial charge in [0.1, 0.15) is 11.4 Å². The van der Waals surface area contributed by atoms with Crippen molar-refractivity contribution >= 4 is 16.8 Å². The minimum absolute atomic E-state index is 0.0304. The second-order valence-electron chi connectivity index (χ2n) is 9.80. The highest BCUT2D eigenvalue weighted by Crippen LogP contribution is 2.40. The number of fused-ring (bicyclic) bond motifs is 1. The van der Waals surface area contributed by atoms with E-state index in [1.165, 1.54) is 31.5 Å². The first-order valence-corrected chi connectivity index (χ1v) is 12.5. The molecule has 2 aliphatic heterocycles. The molecule has 6 nitrogen and oxygen atoms in total. The molecule has 2 aromatic carbocycles. The van der Waals surface area contributed by atoms with E-state index in [0.29, 0.717) is 5.69 Å². The Labute approximate surface area is 202 Å². The van der Waals surface area contributed by atoms with Gasteiger partial charge >= 0.3 is 0 Å². The number of methoxy groups -OCH3 is 1. The molecule has 0 aliphatic carbocycles. The van der Waals surface area contributed by atoms with Gasteiger partial charge in [-0.2, -0.15) is 0 Å². The minimum atomic E-state index is 0.0304. The number of carbonyl (C=O) groups is 1. The predicted octanol–water partition coefficient (Wildman–Crippen LogP) is 4.34. The van der Waals surface area contributed by atoms with Crippen LogP contribution in [0.2, 0.25) is 0 Å². The zero-order chi connectivity index (χ0) is 23.5. The van der Waals surface area contributed by atoms with Crippen LogP contribution in [-0.4, -0.2) is 79.0 Å². The summed E-state index contributed by atoms with van der Waals surface area (Å²) in [6, 6.07) is 18.8. The van der Waals surface area contributed by atoms with Crippen molar-refractivity contribution in [3.63, 3.8) is 0 Å². The number of piperidine rings is 1. The van der Waals surface area contributed by atoms with E-state index in [1.807, 2.05) is 36.2 Å². The quantitative estimate of drug-likeness (QED) is 0.570. The fourth-order valence-electron chi connectivity index (χ4n) is 5.78. The number of amides is 1. The van der Waals surface area contributed by atoms with Crippen molar-refractivity contribution in [2.75, 3.05) is 53.4 Å². The van der Waals surface area contributed by atoms with Crippen molar-refractivity contribution in [1.29, 1.82) is 0 Å². The van der Waals surface area contributed by atoms with Crippen LogP contribution < -0.4 is 4.74 Å². The molecule has 1 aromatic heterocycles. The topological polar surface area (TPSA) is 51.8 Å². The number of H-pyrrole nitrogens is 1. The van der Waals surface area contributed by atoms with E-state index >= 15 is 0 Å². The number of benzene rings is 2. The van der Waals surface area contributed by atoms with Crippen LogP contribution in [-0.2, 0) is 5.54 Å². The van der Waals surface area contributed by atoms with Crippen molar-refractivity contribution in [3.8, 4) is 5.75 Å². The summed E-state index contributed by atoms with van der Waals surface area (Å²) in [5.74, 6) is 0.826. The summed E-state index contributed by atoms with van der Waals surface area (Å²) in [5.41, 5.74) is 3.22. The second-order valence-corrected chi connectivity index (χ2v) is 9.80. The van der Waals surface area contributed by atoms with E-state index in [2.05, 4.69) is 45.1 Å². The van der Waals surface area contributed by atoms with Crippen molar-refractivity contribution < 1.29 is 9.53 Å². The summed E-state index contributed by atoms with van der Waals surface area (Å²) in [6.45, 7) is 6.19. The maximum Gasteiger partial charge on any atom is 0.270 e. The van der Waals surface area contributed by atoms with Crippen LogP contribution in [0.5, 0.6) is 5.75 Å². The Morgan fingerprint density at radius 2 is 1.76 bits per heavy atom. The number of likely N-dealkylation sites (N-methyl/N-ethyl adjacent to an activating group) is 1. The Kier molecular flexibility index (Phi) is 6.61. The smallest absolute Gasteiger partial charge is 0.270 e. The summed E-state index contributed by atoms with van der Waals surface area (Å²) in [5, 5.41) is 0.992. The number of hydrogen-bond donors (Lipinski definition) is 1. The Bertz CT molecular complexity index is 1110. The van der Waals surface area contributed by atoms with Gasteiger partial charge in [-0.15, -0.1) is 0 Å². The van der Waals surface area contributed by atoms with E-state index in [1.54, 1.807) is 7.11 Å². The number of likely N-dealkylation sites (tertiary alicyclic amines) is 2. The number of nitrogens with one attached hydrogen (secondary N) is 1. The number of ether oxygens (including phenoxy) is 1. The largest absolute Gasteiger partial charge is 0.497 e. The van der Waals surface area contributed by atoms with Crippen molar-refractivity contribution in [2.24, 2.45) is 0 Å². The van der Waals surface area contributed by atoms with Gasteiger partial charge < -0.3 is 19.5 Å². The molecule has 0 bridgehead atoms. The Hall–Kier alpha value is -2.83. The average Bonchev–Trinajstić information content (AvgIpc) is 3.58. The molecule has 5 rings (SSSR count). The highest BCUT2D eigenvalue weighted by molar-refractivity contribution is 5.98. The number of hydrogen-bond acceptors (Lipinski definition) is 4. The third kappa shape index (κ3) is 4.44. The molecule has 1 amide bonds. The molecular weight excluding hydrogens is 424 g/mol. The number of carbonyl (C=O) groups excluding carboxylic acids is 1. The van der Waals surface area contributed by atoms with E-state index in [4.69, 9.17) is 4.74 Å². The summed E-state index contributed by atoms with van der Waals surface area (Å²) < 4.78 is 5.30. The lowest BCUT2D eigenvalue weighted by molar-refractivity contribution is 0.0312. The van der Waals surface area contributed by atoms with Gasteiger partial charge in [0.25, 0.3) is 5.91 Å². The van der Waals surface area contributed by atoms with Crippen LogP contribution >= 0.6 is 0 Å². The lowest BCUT2D eigenvalue weighted by Gasteiger charge is -2.48. The molecule has 2 saturated heterocycles. The minimum Gasteiger partial charge on any atom is -0.497 e. The zero-order valence-corrected chi connectivity index (χ0v) is 20.4. The van der Waals surface area contributed by atoms with Gasteiger partial charge in [-0.3, -0.25) is 9.69 Å². The van der Waals surface area contributed by atoms with E-state index in [0.717, 1.165) is 55.7 Å². The molecule has 1 N–H and O–H groups in total. The second kappa shape index (κ2) is 9.80. The van der Waals surface area contributed by atoms with Crippen LogP contribution in [0.15, 0.2) is 54.6 Å². The number of nitrogens with zero attached hydrogens (tertiary/aromatic N) is 3. The van der Waals surface area contributed by atoms with Gasteiger partial charge in [0.2, 0.25) is 0 Å². The predicted molar refractivity (Wildman–Crippen MR) is 136 cm³/mol. The molecule has 3 heterocycles. The third-order valence-corrected chi connectivity index (χ3v) is 7.86. The van der Waals surface area contributed by atoms with Crippen LogP contribution in [0.4, 0.5) is 0 Å². The SMILES string of the molecule is COc1ccc2[nH]c(C(=O)N(C)CCN3CCC(c4ccccc4)(N4CCCC4)CC3)cc2c1. The molecule has 3 aromatic rings. The van der Waals surface area contributed by atoms with E-state index < -0.39 is 0 Å². The highest BCUT2D eigenvalue weighted by atomic mass is 16.5. The Morgan fingerprint density at radius 1 is 1.03 bits per heavy atom. The van der Waals surface area contributed by atoms with Gasteiger partial charge in [-0.1, -0.05) is 30.3 Å². The van der Waals surface area contributed by atoms with Crippen LogP contribution in [0, 0.1) is 0 Å². The third-order valence-electron chi connectivity index (χ3n) is 7.86. The van der Waals surface area contributed by atoms with Gasteiger partial charge in [0, 0.05) is 49.7 Å². The van der Waals surface area contributed by atoms with Gasteiger partial charge in [0.15, 0.2) is 0 Å². The van der Waals surface area contributed by atoms with Crippen molar-refractivity contribution in [3.05, 3.63) is 65.9 Å². The number of rotatable bonds is 7. The first-order valence-electron chi connectivity index (χ1n) is 12.5. The molecule has 0 atom stereocenters. The Morgan fingerprint density at radius 3 is 2.47 bits per heavy atom. The number of aromatic nitrogens is 1. The van der Waals surface area contributed by atoms with Crippen molar-refractivity contribution in [1.82, 2.24) is 19.7 Å². The summed E-state index contributed by atoms with van der Waals surface area (Å²) in [6.07, 6.45) is 4.93. The van der Waals surface area contributed by atoms with Crippen LogP contribution in [0.3, 0.4) is 0 Å². The van der Waals surface area contributed by atoms with Gasteiger partial charge in [0.05, 0.1) is 7.11 Å². The molecule has 34 heavy (non-hydrogen) atoms. The average molecular weight is 461 g/mol. The lowest BCUT2D eigenvalue weighted by Crippen LogP contribution is -2.53. The summed E-state index contributed by atoms with van der Waals surface area (Å²) in [4.78, 5) is 23.4. The molecule has 0 spiro atoms. The molecular formula is C28H36N4O2. The van der Waals surface area contributed by atoms with E-state index in [-0.39, 0.29) is 11.4 Å². The summed E-state index contributed by atoms with van der Waals surface area (Å²) in [7, 11) is 3.56. The number of aromatic amines is 1. The fourth-order valence-corrected chi connectivity index (χ4v) is 5.78. The van der Waals surface area contributed by atoms with Crippen LogP contribution in [0.1, 0.15) is 41.7 Å². The monoisotopic (exact) mass is 460 g/mol. The maximum absolute atomic E-state index is 13.0. The summed E-state index contributed by atoms with van der Waals surface area (Å²) >= 11 is 0. The molecule has 2 aliphatic rings. The molecule has 2 fully saturated rings. The molecule has 0 unspecified atom stereocenters. The zero-order valence-electron chi connectivity index (χ0n) is 20.4. The standard InChI is InChI=1S/C28H36N4O2/c1-30(27(33)26-21-22-20-24(34-2)10-11-25(22)29-26)18-19-31-16-12-28(13-17-31,32-14-6-7-15-32)23-8-4-3-5-9-23/h3-5,8-11,20-21,29H,6-7,12-19H2,1-2H3. The lowest BCUT2D eigenvalue weighted by atomic mass is 9.79. The first-order chi connectivity index (χ1) is 16.6. The normalized spacial score (nSPS) is 18.9. The van der Waals surface area contributed by atoms with Gasteiger partial charge in [-0.25, -0.2) is 0 Å². The van der Waals surface area contributed by atoms with Crippen LogP contribution in [0.25, 0.3) is 10.9 Å². The molecule has 6 heteroatoms. The maximum atomic E-state index is 13.0. The fraction of sp³-hybridized carbons (Fsp3) is 0.464. The first kappa shape index (κ1) is 22.9. The molecule has 0 saturated carbocycles. The van der Waals surface area contributed by atoms with Gasteiger partial charge in [-0.05, 0) is 68.6 Å².